The molecule has 0 amide bonds. The number of aryl methyl sites for hydroxylation is 2. The number of hydrogen-bond donors (Lipinski definition) is 1. The predicted molar refractivity (Wildman–Crippen MR) is 72.5 cm³/mol. The number of methoxy groups -OCH3 is 1. The van der Waals surface area contributed by atoms with Crippen LogP contribution in [0.5, 0.6) is 0 Å². The summed E-state index contributed by atoms with van der Waals surface area (Å²) >= 11 is 5.80. The minimum absolute atomic E-state index is 0.252. The normalized spacial score (nSPS) is 11.8. The van der Waals surface area contributed by atoms with Crippen LogP contribution in [-0.4, -0.2) is 28.7 Å². The Morgan fingerprint density at radius 2 is 1.94 bits per heavy atom. The van der Waals surface area contributed by atoms with Crippen molar-refractivity contribution in [3.8, 4) is 0 Å². The third-order valence-electron chi connectivity index (χ3n) is 2.67. The van der Waals surface area contributed by atoms with Gasteiger partial charge in [0.2, 0.25) is 10.0 Å². The second kappa shape index (κ2) is 6.52. The molecule has 0 spiro atoms. The second-order valence-corrected chi connectivity index (χ2v) is 6.07. The molecular weight excluding hydrogens is 274 g/mol. The van der Waals surface area contributed by atoms with Crippen molar-refractivity contribution in [1.29, 1.82) is 0 Å². The van der Waals surface area contributed by atoms with Crippen molar-refractivity contribution in [2.75, 3.05) is 20.3 Å². The molecule has 0 aliphatic carbocycles. The fourth-order valence-electron chi connectivity index (χ4n) is 1.66. The second-order valence-electron chi connectivity index (χ2n) is 4.07. The molecule has 0 aliphatic heterocycles. The van der Waals surface area contributed by atoms with E-state index in [9.17, 15) is 8.42 Å². The van der Waals surface area contributed by atoms with E-state index in [1.54, 1.807) is 13.0 Å². The molecule has 1 aromatic carbocycles. The van der Waals surface area contributed by atoms with E-state index >= 15 is 0 Å². The Kier molecular flexibility index (Phi) is 5.59. The van der Waals surface area contributed by atoms with Gasteiger partial charge in [-0.2, -0.15) is 0 Å². The third-order valence-corrected chi connectivity index (χ3v) is 4.56. The van der Waals surface area contributed by atoms with Gasteiger partial charge in [-0.3, -0.25) is 0 Å². The van der Waals surface area contributed by atoms with Gasteiger partial charge in [-0.1, -0.05) is 6.07 Å². The molecule has 0 saturated carbocycles. The maximum Gasteiger partial charge on any atom is 0.240 e. The highest BCUT2D eigenvalue weighted by molar-refractivity contribution is 7.89. The molecule has 1 rings (SSSR count). The van der Waals surface area contributed by atoms with Gasteiger partial charge in [-0.15, -0.1) is 11.6 Å². The summed E-state index contributed by atoms with van der Waals surface area (Å²) in [5.41, 5.74) is 2.54. The number of ether oxygens (including phenoxy) is 1. The first-order valence-corrected chi connectivity index (χ1v) is 7.59. The van der Waals surface area contributed by atoms with Crippen LogP contribution in [0.2, 0.25) is 0 Å². The molecule has 0 fully saturated rings. The topological polar surface area (TPSA) is 55.4 Å². The zero-order valence-corrected chi connectivity index (χ0v) is 12.4. The van der Waals surface area contributed by atoms with Gasteiger partial charge in [0.25, 0.3) is 0 Å². The van der Waals surface area contributed by atoms with Crippen molar-refractivity contribution < 1.29 is 13.2 Å². The first-order chi connectivity index (χ1) is 8.42. The molecule has 0 bridgehead atoms. The van der Waals surface area contributed by atoms with Crippen molar-refractivity contribution in [3.63, 3.8) is 0 Å². The van der Waals surface area contributed by atoms with E-state index in [1.807, 2.05) is 13.0 Å². The summed E-state index contributed by atoms with van der Waals surface area (Å²) in [5.74, 6) is 0.298. The molecule has 0 aliphatic rings. The average Bonchev–Trinajstić information content (AvgIpc) is 2.29. The van der Waals surface area contributed by atoms with Crippen LogP contribution in [0.25, 0.3) is 0 Å². The summed E-state index contributed by atoms with van der Waals surface area (Å²) in [6.45, 7) is 4.28. The van der Waals surface area contributed by atoms with Crippen LogP contribution < -0.4 is 4.72 Å². The maximum absolute atomic E-state index is 12.1. The summed E-state index contributed by atoms with van der Waals surface area (Å²) in [6, 6.07) is 3.47. The number of benzene rings is 1. The quantitative estimate of drug-likeness (QED) is 0.644. The van der Waals surface area contributed by atoms with Crippen molar-refractivity contribution in [2.24, 2.45) is 0 Å². The summed E-state index contributed by atoms with van der Waals surface area (Å²) in [5, 5.41) is 0. The highest BCUT2D eigenvalue weighted by Gasteiger charge is 2.17. The molecular formula is C12H18ClNO3S. The SMILES string of the molecule is COCCNS(=O)(=O)c1cc(CCl)c(C)cc1C. The largest absolute Gasteiger partial charge is 0.383 e. The molecule has 1 N–H and O–H groups in total. The summed E-state index contributed by atoms with van der Waals surface area (Å²) in [7, 11) is -1.98. The van der Waals surface area contributed by atoms with Crippen molar-refractivity contribution >= 4 is 21.6 Å². The fraction of sp³-hybridized carbons (Fsp3) is 0.500. The van der Waals surface area contributed by atoms with Crippen LogP contribution in [0.4, 0.5) is 0 Å². The minimum atomic E-state index is -3.50. The Hall–Kier alpha value is -0.620. The summed E-state index contributed by atoms with van der Waals surface area (Å²) < 4.78 is 31.5. The number of halogens is 1. The lowest BCUT2D eigenvalue weighted by molar-refractivity contribution is 0.204. The Bertz CT molecular complexity index is 514. The molecule has 0 unspecified atom stereocenters. The lowest BCUT2D eigenvalue weighted by atomic mass is 10.1. The van der Waals surface area contributed by atoms with Crippen LogP contribution in [0.15, 0.2) is 17.0 Å². The number of nitrogens with one attached hydrogen (secondary N) is 1. The van der Waals surface area contributed by atoms with Gasteiger partial charge in [-0.05, 0) is 36.6 Å². The van der Waals surface area contributed by atoms with Crippen molar-refractivity contribution in [3.05, 3.63) is 28.8 Å². The van der Waals surface area contributed by atoms with Gasteiger partial charge in [-0.25, -0.2) is 13.1 Å². The fourth-order valence-corrected chi connectivity index (χ4v) is 3.24. The van der Waals surface area contributed by atoms with Gasteiger partial charge in [0.1, 0.15) is 0 Å². The van der Waals surface area contributed by atoms with Gasteiger partial charge in [0, 0.05) is 19.5 Å². The zero-order chi connectivity index (χ0) is 13.8. The van der Waals surface area contributed by atoms with Gasteiger partial charge in [0.05, 0.1) is 11.5 Å². The van der Waals surface area contributed by atoms with E-state index < -0.39 is 10.0 Å². The van der Waals surface area contributed by atoms with E-state index in [1.165, 1.54) is 7.11 Å². The van der Waals surface area contributed by atoms with Gasteiger partial charge >= 0.3 is 0 Å². The summed E-state index contributed by atoms with van der Waals surface area (Å²) in [6.07, 6.45) is 0. The lowest BCUT2D eigenvalue weighted by Crippen LogP contribution is -2.28. The highest BCUT2D eigenvalue weighted by Crippen LogP contribution is 2.21. The Morgan fingerprint density at radius 3 is 2.50 bits per heavy atom. The number of hydrogen-bond acceptors (Lipinski definition) is 3. The first-order valence-electron chi connectivity index (χ1n) is 5.57. The highest BCUT2D eigenvalue weighted by atomic mass is 35.5. The molecule has 0 saturated heterocycles. The van der Waals surface area contributed by atoms with E-state index in [-0.39, 0.29) is 11.4 Å². The van der Waals surface area contributed by atoms with E-state index in [4.69, 9.17) is 16.3 Å². The molecule has 0 atom stereocenters. The summed E-state index contributed by atoms with van der Waals surface area (Å²) in [4.78, 5) is 0.278. The third kappa shape index (κ3) is 3.68. The van der Waals surface area contributed by atoms with Crippen LogP contribution in [-0.2, 0) is 20.6 Å². The molecule has 1 aromatic rings. The Balaban J connectivity index is 3.08. The predicted octanol–water partition coefficient (Wildman–Crippen LogP) is 1.97. The molecule has 0 aromatic heterocycles. The maximum atomic E-state index is 12.1. The molecule has 0 radical (unpaired) electrons. The molecule has 4 nitrogen and oxygen atoms in total. The van der Waals surface area contributed by atoms with Crippen LogP contribution in [0, 0.1) is 13.8 Å². The minimum Gasteiger partial charge on any atom is -0.383 e. The Labute approximate surface area is 113 Å². The molecule has 18 heavy (non-hydrogen) atoms. The van der Waals surface area contributed by atoms with E-state index in [0.717, 1.165) is 11.1 Å². The Morgan fingerprint density at radius 1 is 1.28 bits per heavy atom. The van der Waals surface area contributed by atoms with Crippen molar-refractivity contribution in [2.45, 2.75) is 24.6 Å². The molecule has 0 heterocycles. The van der Waals surface area contributed by atoms with E-state index in [0.29, 0.717) is 18.1 Å². The first kappa shape index (κ1) is 15.4. The van der Waals surface area contributed by atoms with E-state index in [2.05, 4.69) is 4.72 Å². The average molecular weight is 292 g/mol. The number of rotatable bonds is 6. The number of sulfonamides is 1. The van der Waals surface area contributed by atoms with Crippen LogP contribution in [0.1, 0.15) is 16.7 Å². The smallest absolute Gasteiger partial charge is 0.240 e. The van der Waals surface area contributed by atoms with Gasteiger partial charge in [0.15, 0.2) is 0 Å². The molecule has 6 heteroatoms. The monoisotopic (exact) mass is 291 g/mol. The number of alkyl halides is 1. The lowest BCUT2D eigenvalue weighted by Gasteiger charge is -2.12. The standard InChI is InChI=1S/C12H18ClNO3S/c1-9-6-10(2)12(7-11(9)8-13)18(15,16)14-4-5-17-3/h6-7,14H,4-5,8H2,1-3H3. The zero-order valence-electron chi connectivity index (χ0n) is 10.8. The van der Waals surface area contributed by atoms with Crippen LogP contribution in [0.3, 0.4) is 0 Å². The van der Waals surface area contributed by atoms with Crippen LogP contribution >= 0.6 is 11.6 Å². The van der Waals surface area contributed by atoms with Gasteiger partial charge < -0.3 is 4.74 Å². The molecule has 102 valence electrons. The van der Waals surface area contributed by atoms with Crippen molar-refractivity contribution in [1.82, 2.24) is 4.72 Å².